The first-order valence-electron chi connectivity index (χ1n) is 10.6. The fourth-order valence-electron chi connectivity index (χ4n) is 4.48. The van der Waals surface area contributed by atoms with Gasteiger partial charge in [0.1, 0.15) is 11.4 Å². The van der Waals surface area contributed by atoms with Crippen LogP contribution in [0.25, 0.3) is 0 Å². The van der Waals surface area contributed by atoms with Gasteiger partial charge in [0.25, 0.3) is 0 Å². The van der Waals surface area contributed by atoms with Crippen molar-refractivity contribution in [2.75, 3.05) is 14.2 Å². The van der Waals surface area contributed by atoms with Crippen LogP contribution in [0.15, 0.2) is 72.8 Å². The standard InChI is InChI=1S/C25H28N2O4/c1-26(28)21-9-11-22(12-10-21)27(29)31-24-15-7-20(8-16-24)25(17-3-4-18-25)19-5-13-23(30-2)14-6-19/h5-16,26-27H,3-4,17-18H2,1-2H3. The summed E-state index contributed by atoms with van der Waals surface area (Å²) in [6.07, 6.45) is 4.58. The molecule has 0 amide bonds. The third-order valence-corrected chi connectivity index (χ3v) is 6.24. The van der Waals surface area contributed by atoms with Gasteiger partial charge in [0, 0.05) is 29.7 Å². The predicted molar refractivity (Wildman–Crippen MR) is 120 cm³/mol. The monoisotopic (exact) mass is 420 g/mol. The van der Waals surface area contributed by atoms with Crippen LogP contribution in [0.5, 0.6) is 11.5 Å². The van der Waals surface area contributed by atoms with Crippen LogP contribution in [0, 0.1) is 10.4 Å². The Bertz CT molecular complexity index is 980. The normalized spacial score (nSPS) is 17.2. The second kappa shape index (κ2) is 9.08. The number of benzene rings is 3. The maximum atomic E-state index is 12.5. The number of nitrogens with one attached hydrogen (secondary N) is 2. The van der Waals surface area contributed by atoms with E-state index in [0.29, 0.717) is 17.1 Å². The van der Waals surface area contributed by atoms with Crippen molar-refractivity contribution in [2.45, 2.75) is 31.1 Å². The van der Waals surface area contributed by atoms with Crippen molar-refractivity contribution in [3.8, 4) is 11.5 Å². The lowest BCUT2D eigenvalue weighted by Crippen LogP contribution is -3.04. The number of hydrogen-bond acceptors (Lipinski definition) is 4. The summed E-state index contributed by atoms with van der Waals surface area (Å²) in [7, 11) is 3.18. The zero-order chi connectivity index (χ0) is 21.8. The van der Waals surface area contributed by atoms with E-state index in [1.54, 1.807) is 31.4 Å². The molecule has 1 aliphatic rings. The molecule has 2 atom stereocenters. The summed E-state index contributed by atoms with van der Waals surface area (Å²) < 4.78 is 5.31. The Morgan fingerprint density at radius 3 is 1.68 bits per heavy atom. The summed E-state index contributed by atoms with van der Waals surface area (Å²) in [5.74, 6) is 1.36. The minimum atomic E-state index is -0.436. The minimum absolute atomic E-state index is 0.0165. The van der Waals surface area contributed by atoms with E-state index in [9.17, 15) is 10.4 Å². The van der Waals surface area contributed by atoms with E-state index < -0.39 is 5.23 Å². The van der Waals surface area contributed by atoms with Gasteiger partial charge in [0.05, 0.1) is 14.2 Å². The fraction of sp³-hybridized carbons (Fsp3) is 0.280. The number of quaternary nitrogens is 2. The molecule has 3 aromatic rings. The molecular weight excluding hydrogens is 392 g/mol. The highest BCUT2D eigenvalue weighted by molar-refractivity contribution is 5.44. The van der Waals surface area contributed by atoms with Crippen LogP contribution in [0.1, 0.15) is 36.8 Å². The van der Waals surface area contributed by atoms with E-state index >= 15 is 0 Å². The van der Waals surface area contributed by atoms with Crippen molar-refractivity contribution in [3.05, 3.63) is 94.3 Å². The molecule has 162 valence electrons. The van der Waals surface area contributed by atoms with Crippen LogP contribution in [0.4, 0.5) is 11.4 Å². The maximum absolute atomic E-state index is 12.5. The van der Waals surface area contributed by atoms with Gasteiger partial charge in [-0.05, 0) is 48.2 Å². The predicted octanol–water partition coefficient (Wildman–Crippen LogP) is 3.21. The Hall–Kier alpha value is -2.90. The highest BCUT2D eigenvalue weighted by atomic mass is 16.9. The number of hydrogen-bond donors (Lipinski definition) is 2. The number of hydroxylamine groups is 1. The average molecular weight is 421 g/mol. The topological polar surface area (TPSA) is 73.5 Å². The molecule has 1 aliphatic carbocycles. The van der Waals surface area contributed by atoms with Gasteiger partial charge >= 0.3 is 0 Å². The molecule has 1 fully saturated rings. The lowest BCUT2D eigenvalue weighted by molar-refractivity contribution is -0.963. The molecule has 3 aromatic carbocycles. The molecule has 0 aliphatic heterocycles. The van der Waals surface area contributed by atoms with Gasteiger partial charge in [0.15, 0.2) is 11.4 Å². The smallest absolute Gasteiger partial charge is 0.191 e. The van der Waals surface area contributed by atoms with Crippen LogP contribution in [-0.4, -0.2) is 14.2 Å². The minimum Gasteiger partial charge on any atom is -0.629 e. The molecule has 0 aromatic heterocycles. The van der Waals surface area contributed by atoms with Crippen molar-refractivity contribution >= 4 is 11.4 Å². The van der Waals surface area contributed by atoms with Crippen LogP contribution in [-0.2, 0) is 5.41 Å². The van der Waals surface area contributed by atoms with E-state index in [1.807, 2.05) is 24.3 Å². The molecule has 6 nitrogen and oxygen atoms in total. The van der Waals surface area contributed by atoms with Crippen molar-refractivity contribution < 1.29 is 19.9 Å². The fourth-order valence-corrected chi connectivity index (χ4v) is 4.48. The lowest BCUT2D eigenvalue weighted by Gasteiger charge is -2.31. The van der Waals surface area contributed by atoms with Crippen LogP contribution in [0.3, 0.4) is 0 Å². The van der Waals surface area contributed by atoms with Crippen molar-refractivity contribution in [2.24, 2.45) is 0 Å². The van der Waals surface area contributed by atoms with Gasteiger partial charge < -0.3 is 25.1 Å². The van der Waals surface area contributed by atoms with E-state index in [0.717, 1.165) is 18.6 Å². The van der Waals surface area contributed by atoms with E-state index in [2.05, 4.69) is 24.3 Å². The van der Waals surface area contributed by atoms with Crippen LogP contribution in [0.2, 0.25) is 0 Å². The zero-order valence-corrected chi connectivity index (χ0v) is 17.9. The molecule has 2 N–H and O–H groups in total. The molecule has 0 saturated heterocycles. The first kappa shape index (κ1) is 21.3. The lowest BCUT2D eigenvalue weighted by atomic mass is 9.73. The van der Waals surface area contributed by atoms with Gasteiger partial charge in [-0.2, -0.15) is 0 Å². The van der Waals surface area contributed by atoms with Gasteiger partial charge in [-0.15, -0.1) is 5.23 Å². The second-order valence-electron chi connectivity index (χ2n) is 8.07. The molecule has 0 bridgehead atoms. The highest BCUT2D eigenvalue weighted by Gasteiger charge is 2.37. The summed E-state index contributed by atoms with van der Waals surface area (Å²) in [6, 6.07) is 22.7. The molecule has 6 heteroatoms. The zero-order valence-electron chi connectivity index (χ0n) is 17.9. The summed E-state index contributed by atoms with van der Waals surface area (Å²) in [5.41, 5.74) is 3.50. The molecule has 4 rings (SSSR count). The Morgan fingerprint density at radius 2 is 1.19 bits per heavy atom. The Labute approximate surface area is 182 Å². The van der Waals surface area contributed by atoms with Crippen molar-refractivity contribution in [1.29, 1.82) is 0 Å². The molecule has 0 heterocycles. The molecule has 31 heavy (non-hydrogen) atoms. The van der Waals surface area contributed by atoms with Crippen LogP contribution < -0.4 is 19.9 Å². The number of methoxy groups -OCH3 is 1. The molecule has 2 unspecified atom stereocenters. The van der Waals surface area contributed by atoms with E-state index in [-0.39, 0.29) is 10.5 Å². The van der Waals surface area contributed by atoms with Gasteiger partial charge in [0.2, 0.25) is 0 Å². The first-order valence-corrected chi connectivity index (χ1v) is 10.6. The third kappa shape index (κ3) is 4.43. The summed E-state index contributed by atoms with van der Waals surface area (Å²) in [6.45, 7) is 0. The van der Waals surface area contributed by atoms with Gasteiger partial charge in [-0.25, -0.2) is 0 Å². The van der Waals surface area contributed by atoms with E-state index in [4.69, 9.17) is 9.57 Å². The van der Waals surface area contributed by atoms with Gasteiger partial charge in [-0.1, -0.05) is 37.1 Å². The van der Waals surface area contributed by atoms with Crippen molar-refractivity contribution in [3.63, 3.8) is 0 Å². The highest BCUT2D eigenvalue weighted by Crippen LogP contribution is 2.46. The molecular formula is C25H28N2O4. The summed E-state index contributed by atoms with van der Waals surface area (Å²) in [5, 5.41) is 23.4. The third-order valence-electron chi connectivity index (χ3n) is 6.24. The average Bonchev–Trinajstić information content (AvgIpc) is 3.31. The molecule has 0 radical (unpaired) electrons. The second-order valence-corrected chi connectivity index (χ2v) is 8.07. The Kier molecular flexibility index (Phi) is 6.25. The van der Waals surface area contributed by atoms with Crippen molar-refractivity contribution in [1.82, 2.24) is 0 Å². The first-order chi connectivity index (χ1) is 15.0. The number of rotatable bonds is 7. The van der Waals surface area contributed by atoms with Crippen LogP contribution >= 0.6 is 0 Å². The Balaban J connectivity index is 1.52. The molecule has 0 spiro atoms. The summed E-state index contributed by atoms with van der Waals surface area (Å²) >= 11 is 0. The molecule has 1 saturated carbocycles. The SMILES string of the molecule is COc1ccc(C2(c3ccc(O[NH+]([O-])c4ccc([NH+](C)[O-])cc4)cc3)CCCC2)cc1. The maximum Gasteiger partial charge on any atom is 0.191 e. The van der Waals surface area contributed by atoms with E-state index in [1.165, 1.54) is 31.0 Å². The quantitative estimate of drug-likeness (QED) is 0.576. The largest absolute Gasteiger partial charge is 0.629 e. The Morgan fingerprint density at radius 1 is 0.710 bits per heavy atom. The summed E-state index contributed by atoms with van der Waals surface area (Å²) in [4.78, 5) is 5.55. The number of ether oxygens (including phenoxy) is 1. The van der Waals surface area contributed by atoms with Gasteiger partial charge in [-0.3, -0.25) is 0 Å².